The van der Waals surface area contributed by atoms with E-state index in [-0.39, 0.29) is 5.91 Å². The molecule has 1 aliphatic rings. The molecule has 3 heteroatoms. The molecule has 17 heavy (non-hydrogen) atoms. The van der Waals surface area contributed by atoms with Crippen LogP contribution in [0.2, 0.25) is 0 Å². The third kappa shape index (κ3) is 2.89. The summed E-state index contributed by atoms with van der Waals surface area (Å²) in [6.45, 7) is 0.807. The summed E-state index contributed by atoms with van der Waals surface area (Å²) < 4.78 is 0. The van der Waals surface area contributed by atoms with E-state index in [2.05, 4.69) is 28.1 Å². The second kappa shape index (κ2) is 5.67. The predicted octanol–water partition coefficient (Wildman–Crippen LogP) is 3.03. The van der Waals surface area contributed by atoms with Crippen LogP contribution in [0.5, 0.6) is 0 Å². The van der Waals surface area contributed by atoms with Crippen molar-refractivity contribution in [2.45, 2.75) is 25.7 Å². The van der Waals surface area contributed by atoms with Crippen LogP contribution in [0.25, 0.3) is 0 Å². The maximum Gasteiger partial charge on any atom is 0.253 e. The van der Waals surface area contributed by atoms with Gasteiger partial charge in [0.1, 0.15) is 0 Å². The Kier molecular flexibility index (Phi) is 4.21. The third-order valence-electron chi connectivity index (χ3n) is 3.32. The van der Waals surface area contributed by atoms with E-state index in [0.29, 0.717) is 0 Å². The van der Waals surface area contributed by atoms with Crippen molar-refractivity contribution < 1.29 is 4.79 Å². The average molecular weight is 296 g/mol. The number of nitrogens with zero attached hydrogens (tertiary/aromatic N) is 1. The zero-order valence-electron chi connectivity index (χ0n) is 10.2. The number of alkyl halides is 1. The van der Waals surface area contributed by atoms with Gasteiger partial charge < -0.3 is 4.90 Å². The van der Waals surface area contributed by atoms with Gasteiger partial charge in [-0.1, -0.05) is 22.0 Å². The van der Waals surface area contributed by atoms with Crippen LogP contribution in [-0.2, 0) is 12.8 Å². The Hall–Kier alpha value is -0.830. The lowest BCUT2D eigenvalue weighted by Crippen LogP contribution is -2.28. The highest BCUT2D eigenvalue weighted by atomic mass is 79.9. The van der Waals surface area contributed by atoms with Crippen LogP contribution in [-0.4, -0.2) is 29.7 Å². The van der Waals surface area contributed by atoms with Crippen molar-refractivity contribution >= 4 is 21.8 Å². The molecule has 1 amide bonds. The Morgan fingerprint density at radius 1 is 1.35 bits per heavy atom. The molecule has 0 bridgehead atoms. The zero-order chi connectivity index (χ0) is 12.3. The van der Waals surface area contributed by atoms with Gasteiger partial charge in [0.2, 0.25) is 0 Å². The monoisotopic (exact) mass is 295 g/mol. The fraction of sp³-hybridized carbons (Fsp3) is 0.500. The molecule has 0 saturated heterocycles. The summed E-state index contributed by atoms with van der Waals surface area (Å²) in [5.41, 5.74) is 3.62. The molecule has 2 rings (SSSR count). The van der Waals surface area contributed by atoms with E-state index in [1.54, 1.807) is 4.90 Å². The molecule has 0 atom stereocenters. The second-order valence-electron chi connectivity index (χ2n) is 4.61. The average Bonchev–Trinajstić information content (AvgIpc) is 2.81. The van der Waals surface area contributed by atoms with Crippen LogP contribution < -0.4 is 0 Å². The summed E-state index contributed by atoms with van der Waals surface area (Å²) >= 11 is 3.39. The van der Waals surface area contributed by atoms with E-state index in [4.69, 9.17) is 0 Å². The van der Waals surface area contributed by atoms with Gasteiger partial charge in [0.25, 0.3) is 5.91 Å². The van der Waals surface area contributed by atoms with E-state index in [1.165, 1.54) is 24.0 Å². The molecular weight excluding hydrogens is 278 g/mol. The first kappa shape index (κ1) is 12.6. The molecule has 0 saturated carbocycles. The molecule has 0 radical (unpaired) electrons. The fourth-order valence-electron chi connectivity index (χ4n) is 2.32. The van der Waals surface area contributed by atoms with Crippen molar-refractivity contribution in [1.29, 1.82) is 0 Å². The maximum atomic E-state index is 12.2. The Morgan fingerprint density at radius 2 is 2.12 bits per heavy atom. The normalized spacial score (nSPS) is 13.5. The molecule has 0 unspecified atom stereocenters. The van der Waals surface area contributed by atoms with Crippen molar-refractivity contribution in [3.05, 3.63) is 34.9 Å². The van der Waals surface area contributed by atoms with Crippen molar-refractivity contribution in [2.24, 2.45) is 0 Å². The predicted molar refractivity (Wildman–Crippen MR) is 73.8 cm³/mol. The van der Waals surface area contributed by atoms with Crippen molar-refractivity contribution in [1.82, 2.24) is 4.90 Å². The number of halogens is 1. The van der Waals surface area contributed by atoms with Gasteiger partial charge in [-0.05, 0) is 48.9 Å². The van der Waals surface area contributed by atoms with Gasteiger partial charge in [-0.2, -0.15) is 0 Å². The van der Waals surface area contributed by atoms with Gasteiger partial charge in [0, 0.05) is 24.5 Å². The molecule has 2 nitrogen and oxygen atoms in total. The van der Waals surface area contributed by atoms with E-state index >= 15 is 0 Å². The Morgan fingerprint density at radius 3 is 2.88 bits per heavy atom. The number of hydrogen-bond acceptors (Lipinski definition) is 1. The summed E-state index contributed by atoms with van der Waals surface area (Å²) in [6.07, 6.45) is 4.52. The molecule has 0 aromatic heterocycles. The van der Waals surface area contributed by atoms with Crippen LogP contribution in [0.4, 0.5) is 0 Å². The fourth-order valence-corrected chi connectivity index (χ4v) is 2.57. The van der Waals surface area contributed by atoms with Gasteiger partial charge in [-0.3, -0.25) is 4.79 Å². The summed E-state index contributed by atoms with van der Waals surface area (Å²) in [4.78, 5) is 14.0. The Balaban J connectivity index is 2.09. The number of hydrogen-bond donors (Lipinski definition) is 0. The minimum absolute atomic E-state index is 0.139. The smallest absolute Gasteiger partial charge is 0.253 e. The zero-order valence-corrected chi connectivity index (χ0v) is 11.8. The standard InChI is InChI=1S/C14H18BrNO/c1-16(9-3-8-15)14(17)13-7-6-11-4-2-5-12(11)10-13/h6-7,10H,2-5,8-9H2,1H3. The highest BCUT2D eigenvalue weighted by Crippen LogP contribution is 2.23. The summed E-state index contributed by atoms with van der Waals surface area (Å²) in [6, 6.07) is 6.17. The molecule has 0 spiro atoms. The van der Waals surface area contributed by atoms with E-state index < -0.39 is 0 Å². The number of carbonyl (C=O) groups is 1. The van der Waals surface area contributed by atoms with Gasteiger partial charge in [-0.25, -0.2) is 0 Å². The maximum absolute atomic E-state index is 12.2. The first-order valence-electron chi connectivity index (χ1n) is 6.15. The molecule has 1 aromatic rings. The lowest BCUT2D eigenvalue weighted by atomic mass is 10.1. The van der Waals surface area contributed by atoms with Crippen LogP contribution in [0.3, 0.4) is 0 Å². The van der Waals surface area contributed by atoms with Gasteiger partial charge in [0.05, 0.1) is 0 Å². The number of fused-ring (bicyclic) bond motifs is 1. The van der Waals surface area contributed by atoms with E-state index in [1.807, 2.05) is 13.1 Å². The number of amides is 1. The molecule has 0 N–H and O–H groups in total. The highest BCUT2D eigenvalue weighted by molar-refractivity contribution is 9.09. The van der Waals surface area contributed by atoms with E-state index in [0.717, 1.165) is 30.3 Å². The number of benzene rings is 1. The molecule has 1 aliphatic carbocycles. The third-order valence-corrected chi connectivity index (χ3v) is 3.88. The molecule has 92 valence electrons. The molecule has 0 aliphatic heterocycles. The van der Waals surface area contributed by atoms with E-state index in [9.17, 15) is 4.79 Å². The summed E-state index contributed by atoms with van der Waals surface area (Å²) in [7, 11) is 1.87. The second-order valence-corrected chi connectivity index (χ2v) is 5.40. The van der Waals surface area contributed by atoms with Gasteiger partial charge in [0.15, 0.2) is 0 Å². The van der Waals surface area contributed by atoms with Crippen LogP contribution in [0.1, 0.15) is 34.3 Å². The van der Waals surface area contributed by atoms with Crippen LogP contribution >= 0.6 is 15.9 Å². The number of aryl methyl sites for hydroxylation is 2. The molecule has 0 heterocycles. The van der Waals surface area contributed by atoms with Crippen molar-refractivity contribution in [3.8, 4) is 0 Å². The van der Waals surface area contributed by atoms with Crippen molar-refractivity contribution in [3.63, 3.8) is 0 Å². The lowest BCUT2D eigenvalue weighted by molar-refractivity contribution is 0.0795. The molecule has 0 fully saturated rings. The van der Waals surface area contributed by atoms with Crippen LogP contribution in [0, 0.1) is 0 Å². The quantitative estimate of drug-likeness (QED) is 0.782. The first-order valence-corrected chi connectivity index (χ1v) is 7.28. The highest BCUT2D eigenvalue weighted by Gasteiger charge is 2.15. The van der Waals surface area contributed by atoms with Gasteiger partial charge in [-0.15, -0.1) is 0 Å². The number of rotatable bonds is 4. The largest absolute Gasteiger partial charge is 0.342 e. The summed E-state index contributed by atoms with van der Waals surface area (Å²) in [5, 5.41) is 0.939. The molecular formula is C14H18BrNO. The topological polar surface area (TPSA) is 20.3 Å². The van der Waals surface area contributed by atoms with Crippen LogP contribution in [0.15, 0.2) is 18.2 Å². The molecule has 1 aromatic carbocycles. The minimum atomic E-state index is 0.139. The first-order chi connectivity index (χ1) is 8.22. The Labute approximate surface area is 111 Å². The Bertz CT molecular complexity index is 417. The summed E-state index contributed by atoms with van der Waals surface area (Å²) in [5.74, 6) is 0.139. The van der Waals surface area contributed by atoms with Crippen molar-refractivity contribution in [2.75, 3.05) is 18.9 Å². The lowest BCUT2D eigenvalue weighted by Gasteiger charge is -2.17. The van der Waals surface area contributed by atoms with Gasteiger partial charge >= 0.3 is 0 Å². The number of carbonyl (C=O) groups excluding carboxylic acids is 1. The SMILES string of the molecule is CN(CCCBr)C(=O)c1ccc2c(c1)CCC2. The minimum Gasteiger partial charge on any atom is -0.342 e.